The molecule has 0 unspecified atom stereocenters. The number of hydrogen-bond acceptors (Lipinski definition) is 2. The van der Waals surface area contributed by atoms with Crippen molar-refractivity contribution in [3.05, 3.63) is 12.2 Å². The molecule has 1 fully saturated rings. The zero-order valence-electron chi connectivity index (χ0n) is 9.63. The van der Waals surface area contributed by atoms with Crippen molar-refractivity contribution < 1.29 is 0 Å². The van der Waals surface area contributed by atoms with E-state index in [1.165, 1.54) is 32.4 Å². The monoisotopic (exact) mass is 196 g/mol. The molecule has 0 saturated carbocycles. The highest BCUT2D eigenvalue weighted by Crippen LogP contribution is 2.33. The van der Waals surface area contributed by atoms with Crippen LogP contribution in [0.15, 0.2) is 12.2 Å². The second kappa shape index (κ2) is 5.52. The van der Waals surface area contributed by atoms with Gasteiger partial charge in [0.1, 0.15) is 0 Å². The number of nitrogens with zero attached hydrogens (tertiary/aromatic N) is 1. The highest BCUT2D eigenvalue weighted by atomic mass is 15.1. The van der Waals surface area contributed by atoms with Gasteiger partial charge in [0.25, 0.3) is 0 Å². The number of hydrogen-bond donors (Lipinski definition) is 1. The van der Waals surface area contributed by atoms with E-state index in [0.717, 1.165) is 6.54 Å². The molecular formula is C12H24N2. The maximum absolute atomic E-state index is 5.40. The fourth-order valence-electron chi connectivity index (χ4n) is 1.95. The summed E-state index contributed by atoms with van der Waals surface area (Å²) in [5.41, 5.74) is 6.01. The highest BCUT2D eigenvalue weighted by Gasteiger charge is 2.27. The molecule has 2 N–H and O–H groups in total. The summed E-state index contributed by atoms with van der Waals surface area (Å²) >= 11 is 0. The maximum Gasteiger partial charge on any atom is 0.0163 e. The molecular weight excluding hydrogens is 172 g/mol. The van der Waals surface area contributed by atoms with Crippen LogP contribution in [0.4, 0.5) is 0 Å². The van der Waals surface area contributed by atoms with E-state index in [2.05, 4.69) is 24.8 Å². The van der Waals surface area contributed by atoms with E-state index in [9.17, 15) is 0 Å². The highest BCUT2D eigenvalue weighted by molar-refractivity contribution is 4.88. The van der Waals surface area contributed by atoms with Crippen molar-refractivity contribution in [3.8, 4) is 0 Å². The van der Waals surface area contributed by atoms with Crippen LogP contribution in [0, 0.1) is 5.41 Å². The maximum atomic E-state index is 5.40. The minimum atomic E-state index is 0.605. The van der Waals surface area contributed by atoms with Gasteiger partial charge in [-0.1, -0.05) is 32.4 Å². The largest absolute Gasteiger partial charge is 0.327 e. The molecule has 0 aliphatic carbocycles. The number of piperidine rings is 1. The lowest BCUT2D eigenvalue weighted by molar-refractivity contribution is 0.124. The second-order valence-corrected chi connectivity index (χ2v) is 4.67. The molecule has 1 heterocycles. The van der Waals surface area contributed by atoms with Crippen LogP contribution in [-0.2, 0) is 0 Å². The predicted octanol–water partition coefficient (Wildman–Crippen LogP) is 2.01. The molecule has 2 nitrogen and oxygen atoms in total. The smallest absolute Gasteiger partial charge is 0.0163 e. The Balaban J connectivity index is 2.25. The van der Waals surface area contributed by atoms with Crippen molar-refractivity contribution in [1.29, 1.82) is 0 Å². The van der Waals surface area contributed by atoms with Gasteiger partial charge >= 0.3 is 0 Å². The van der Waals surface area contributed by atoms with Gasteiger partial charge in [0.2, 0.25) is 0 Å². The molecule has 1 saturated heterocycles. The lowest BCUT2D eigenvalue weighted by atomic mass is 9.78. The third-order valence-corrected chi connectivity index (χ3v) is 3.58. The van der Waals surface area contributed by atoms with E-state index < -0.39 is 0 Å². The summed E-state index contributed by atoms with van der Waals surface area (Å²) in [7, 11) is 0. The molecule has 1 aliphatic heterocycles. The van der Waals surface area contributed by atoms with Crippen LogP contribution in [0.2, 0.25) is 0 Å². The summed E-state index contributed by atoms with van der Waals surface area (Å²) in [4.78, 5) is 2.52. The summed E-state index contributed by atoms with van der Waals surface area (Å²) in [6.07, 6.45) is 8.25. The van der Waals surface area contributed by atoms with Crippen molar-refractivity contribution in [3.63, 3.8) is 0 Å². The first kappa shape index (κ1) is 11.7. The quantitative estimate of drug-likeness (QED) is 0.697. The first-order valence-corrected chi connectivity index (χ1v) is 5.77. The van der Waals surface area contributed by atoms with Gasteiger partial charge in [-0.2, -0.15) is 0 Å². The minimum absolute atomic E-state index is 0.605. The second-order valence-electron chi connectivity index (χ2n) is 4.67. The Morgan fingerprint density at radius 3 is 2.43 bits per heavy atom. The van der Waals surface area contributed by atoms with Crippen molar-refractivity contribution in [2.24, 2.45) is 11.1 Å². The summed E-state index contributed by atoms with van der Waals surface area (Å²) < 4.78 is 0. The number of likely N-dealkylation sites (tertiary alicyclic amines) is 1. The lowest BCUT2D eigenvalue weighted by Gasteiger charge is -2.38. The van der Waals surface area contributed by atoms with E-state index in [1.54, 1.807) is 0 Å². The predicted molar refractivity (Wildman–Crippen MR) is 62.3 cm³/mol. The molecule has 0 amide bonds. The average Bonchev–Trinajstić information content (AvgIpc) is 2.22. The van der Waals surface area contributed by atoms with Gasteiger partial charge in [0.05, 0.1) is 0 Å². The van der Waals surface area contributed by atoms with Crippen molar-refractivity contribution in [1.82, 2.24) is 4.90 Å². The van der Waals surface area contributed by atoms with Crippen molar-refractivity contribution in [2.75, 3.05) is 26.2 Å². The van der Waals surface area contributed by atoms with Gasteiger partial charge < -0.3 is 5.73 Å². The zero-order chi connectivity index (χ0) is 10.4. The van der Waals surface area contributed by atoms with Gasteiger partial charge in [-0.25, -0.2) is 0 Å². The summed E-state index contributed by atoms with van der Waals surface area (Å²) in [6.45, 7) is 8.97. The van der Waals surface area contributed by atoms with Crippen LogP contribution in [0.25, 0.3) is 0 Å². The van der Waals surface area contributed by atoms with Gasteiger partial charge in [-0.3, -0.25) is 4.90 Å². The van der Waals surface area contributed by atoms with Crippen LogP contribution in [0.5, 0.6) is 0 Å². The average molecular weight is 196 g/mol. The molecule has 0 bridgehead atoms. The summed E-state index contributed by atoms with van der Waals surface area (Å²) in [6, 6.07) is 0. The van der Waals surface area contributed by atoms with Crippen LogP contribution in [0.3, 0.4) is 0 Å². The van der Waals surface area contributed by atoms with E-state index in [4.69, 9.17) is 5.73 Å². The fourth-order valence-corrected chi connectivity index (χ4v) is 1.95. The molecule has 2 heteroatoms. The Kier molecular flexibility index (Phi) is 4.63. The Morgan fingerprint density at radius 1 is 1.29 bits per heavy atom. The van der Waals surface area contributed by atoms with Crippen LogP contribution in [-0.4, -0.2) is 31.1 Å². The van der Waals surface area contributed by atoms with Crippen LogP contribution in [0.1, 0.15) is 33.1 Å². The molecule has 14 heavy (non-hydrogen) atoms. The minimum Gasteiger partial charge on any atom is -0.327 e. The van der Waals surface area contributed by atoms with Gasteiger partial charge in [0.15, 0.2) is 0 Å². The zero-order valence-corrected chi connectivity index (χ0v) is 9.63. The van der Waals surface area contributed by atoms with Gasteiger partial charge in [0, 0.05) is 13.1 Å². The molecule has 0 radical (unpaired) electrons. The Bertz CT molecular complexity index is 179. The van der Waals surface area contributed by atoms with Crippen LogP contribution >= 0.6 is 0 Å². The molecule has 1 aliphatic rings. The van der Waals surface area contributed by atoms with Gasteiger partial charge in [-0.05, 0) is 31.3 Å². The van der Waals surface area contributed by atoms with Crippen molar-refractivity contribution in [2.45, 2.75) is 33.1 Å². The topological polar surface area (TPSA) is 29.3 Å². The normalized spacial score (nSPS) is 23.1. The summed E-state index contributed by atoms with van der Waals surface area (Å²) in [5, 5.41) is 0. The number of rotatable bonds is 4. The first-order chi connectivity index (χ1) is 6.70. The Labute approximate surface area is 88.2 Å². The van der Waals surface area contributed by atoms with E-state index in [-0.39, 0.29) is 0 Å². The van der Waals surface area contributed by atoms with Crippen molar-refractivity contribution >= 4 is 0 Å². The molecule has 0 aromatic carbocycles. The molecule has 1 rings (SSSR count). The van der Waals surface area contributed by atoms with E-state index >= 15 is 0 Å². The third-order valence-electron chi connectivity index (χ3n) is 3.58. The van der Waals surface area contributed by atoms with Gasteiger partial charge in [-0.15, -0.1) is 0 Å². The molecule has 0 atom stereocenters. The molecule has 82 valence electrons. The number of nitrogens with two attached hydrogens (primary N) is 1. The Morgan fingerprint density at radius 2 is 1.93 bits per heavy atom. The molecule has 0 aromatic rings. The summed E-state index contributed by atoms with van der Waals surface area (Å²) in [5.74, 6) is 0. The van der Waals surface area contributed by atoms with Crippen LogP contribution < -0.4 is 5.73 Å². The van der Waals surface area contributed by atoms with E-state index in [1.807, 2.05) is 6.08 Å². The molecule has 0 spiro atoms. The fraction of sp³-hybridized carbons (Fsp3) is 0.833. The Hall–Kier alpha value is -0.340. The standard InChI is InChI=1S/C12H24N2/c1-3-12(2)6-10-14(11-7-12)9-5-4-8-13/h4-5H,3,6-11,13H2,1-2H3. The first-order valence-electron chi connectivity index (χ1n) is 5.77. The SMILES string of the molecule is CCC1(C)CCN(CC=CCN)CC1. The molecule has 0 aromatic heterocycles. The lowest BCUT2D eigenvalue weighted by Crippen LogP contribution is -2.38. The van der Waals surface area contributed by atoms with E-state index in [0.29, 0.717) is 12.0 Å². The third kappa shape index (κ3) is 3.43.